The van der Waals surface area contributed by atoms with Gasteiger partial charge >= 0.3 is 0 Å². The summed E-state index contributed by atoms with van der Waals surface area (Å²) < 4.78 is 31.8. The average Bonchev–Trinajstić information content (AvgIpc) is 2.99. The molecule has 6 nitrogen and oxygen atoms in total. The minimum absolute atomic E-state index is 0.242. The molecule has 0 aliphatic heterocycles. The minimum Gasteiger partial charge on any atom is -0.494 e. The Morgan fingerprint density at radius 3 is 2.50 bits per heavy atom. The summed E-state index contributed by atoms with van der Waals surface area (Å²) >= 11 is 9.61. The highest BCUT2D eigenvalue weighted by molar-refractivity contribution is 9.10. The van der Waals surface area contributed by atoms with Gasteiger partial charge in [-0.05, 0) is 67.6 Å². The van der Waals surface area contributed by atoms with Crippen molar-refractivity contribution in [3.8, 4) is 5.75 Å². The fourth-order valence-electron chi connectivity index (χ4n) is 3.33. The van der Waals surface area contributed by atoms with Crippen LogP contribution >= 0.6 is 27.5 Å². The second-order valence-electron chi connectivity index (χ2n) is 7.19. The van der Waals surface area contributed by atoms with E-state index in [4.69, 9.17) is 16.3 Å². The number of amides is 1. The highest BCUT2D eigenvalue weighted by atomic mass is 79.9. The van der Waals surface area contributed by atoms with E-state index in [2.05, 4.69) is 20.9 Å². The van der Waals surface area contributed by atoms with Crippen LogP contribution in [0, 0.1) is 13.8 Å². The number of aromatic nitrogens is 1. The van der Waals surface area contributed by atoms with E-state index in [1.165, 1.54) is 0 Å². The van der Waals surface area contributed by atoms with Gasteiger partial charge in [0.1, 0.15) is 11.4 Å². The minimum atomic E-state index is -3.67. The lowest BCUT2D eigenvalue weighted by Gasteiger charge is -2.10. The lowest BCUT2D eigenvalue weighted by molar-refractivity contribution is 0.0976. The summed E-state index contributed by atoms with van der Waals surface area (Å²) in [5, 5.41) is 1.60. The van der Waals surface area contributed by atoms with E-state index in [1.54, 1.807) is 0 Å². The summed E-state index contributed by atoms with van der Waals surface area (Å²) in [6.45, 7) is 4.30. The third kappa shape index (κ3) is 5.36. The molecule has 160 valence electrons. The molecule has 1 heterocycles. The van der Waals surface area contributed by atoms with Gasteiger partial charge in [0.05, 0.1) is 12.9 Å². The van der Waals surface area contributed by atoms with Gasteiger partial charge in [0.15, 0.2) is 0 Å². The summed E-state index contributed by atoms with van der Waals surface area (Å²) in [4.78, 5) is 15.6. The summed E-state index contributed by atoms with van der Waals surface area (Å²) in [6, 6.07) is 9.42. The molecule has 2 N–H and O–H groups in total. The zero-order valence-corrected chi connectivity index (χ0v) is 20.0. The Hall–Kier alpha value is -2.03. The molecular weight excluding hydrogens is 492 g/mol. The number of aromatic amines is 1. The van der Waals surface area contributed by atoms with Crippen molar-refractivity contribution < 1.29 is 17.9 Å². The zero-order valence-electron chi connectivity index (χ0n) is 16.8. The molecule has 0 saturated carbocycles. The second-order valence-corrected chi connectivity index (χ2v) is 10.2. The first-order valence-electron chi connectivity index (χ1n) is 9.27. The third-order valence-corrected chi connectivity index (χ3v) is 6.27. The monoisotopic (exact) mass is 512 g/mol. The molecule has 1 amide bonds. The van der Waals surface area contributed by atoms with Gasteiger partial charge in [0.25, 0.3) is 5.91 Å². The first-order chi connectivity index (χ1) is 14.0. The molecule has 0 aliphatic carbocycles. The molecule has 0 radical (unpaired) electrons. The standard InChI is InChI=1S/C21H22BrClN2O4S/c1-12-9-15(10-13(2)19(12)23)29-8-4-5-17-16-7-6-14(22)11-18(16)24-20(17)21(26)25-30(3,27)28/h6-7,9-11,24H,4-5,8H2,1-3H3,(H,25,26). The lowest BCUT2D eigenvalue weighted by Crippen LogP contribution is -2.30. The van der Waals surface area contributed by atoms with Gasteiger partial charge in [-0.25, -0.2) is 13.1 Å². The van der Waals surface area contributed by atoms with Crippen molar-refractivity contribution in [1.29, 1.82) is 0 Å². The first kappa shape index (κ1) is 22.7. The molecule has 0 bridgehead atoms. The van der Waals surface area contributed by atoms with E-state index < -0.39 is 15.9 Å². The maximum absolute atomic E-state index is 12.5. The maximum atomic E-state index is 12.5. The van der Waals surface area contributed by atoms with Crippen LogP contribution in [0.2, 0.25) is 5.02 Å². The zero-order chi connectivity index (χ0) is 22.1. The SMILES string of the molecule is Cc1cc(OCCCc2c(C(=O)NS(C)(=O)=O)[nH]c3cc(Br)ccc23)cc(C)c1Cl. The number of benzene rings is 2. The number of hydrogen-bond acceptors (Lipinski definition) is 4. The van der Waals surface area contributed by atoms with Crippen molar-refractivity contribution in [2.75, 3.05) is 12.9 Å². The number of carbonyl (C=O) groups is 1. The van der Waals surface area contributed by atoms with Gasteiger partial charge in [-0.3, -0.25) is 4.79 Å². The van der Waals surface area contributed by atoms with E-state index in [0.717, 1.165) is 49.1 Å². The molecule has 2 aromatic carbocycles. The number of carbonyl (C=O) groups excluding carboxylic acids is 1. The molecule has 0 unspecified atom stereocenters. The van der Waals surface area contributed by atoms with E-state index in [9.17, 15) is 13.2 Å². The predicted octanol–water partition coefficient (Wildman–Crippen LogP) is 4.90. The Bertz CT molecular complexity index is 1200. The number of rotatable bonds is 7. The summed E-state index contributed by atoms with van der Waals surface area (Å²) in [7, 11) is -3.67. The fourth-order valence-corrected chi connectivity index (χ4v) is 4.24. The Morgan fingerprint density at radius 1 is 1.20 bits per heavy atom. The summed E-state index contributed by atoms with van der Waals surface area (Å²) in [6.07, 6.45) is 2.14. The summed E-state index contributed by atoms with van der Waals surface area (Å²) in [5.74, 6) is 0.0667. The van der Waals surface area contributed by atoms with Crippen LogP contribution < -0.4 is 9.46 Å². The third-order valence-electron chi connectivity index (χ3n) is 4.62. The Labute approximate surface area is 189 Å². The molecule has 1 aromatic heterocycles. The van der Waals surface area contributed by atoms with Crippen molar-refractivity contribution >= 4 is 54.4 Å². The highest BCUT2D eigenvalue weighted by Crippen LogP contribution is 2.28. The molecule has 0 fully saturated rings. The number of aryl methyl sites for hydroxylation is 3. The van der Waals surface area contributed by atoms with Gasteiger partial charge in [-0.2, -0.15) is 0 Å². The smallest absolute Gasteiger partial charge is 0.281 e. The number of fused-ring (bicyclic) bond motifs is 1. The fraction of sp³-hybridized carbons (Fsp3) is 0.286. The highest BCUT2D eigenvalue weighted by Gasteiger charge is 2.20. The number of halogens is 2. The van der Waals surface area contributed by atoms with Crippen LogP contribution in [0.3, 0.4) is 0 Å². The Kier molecular flexibility index (Phi) is 6.79. The maximum Gasteiger partial charge on any atom is 0.281 e. The molecule has 0 atom stereocenters. The number of ether oxygens (including phenoxy) is 1. The summed E-state index contributed by atoms with van der Waals surface area (Å²) in [5.41, 5.74) is 3.66. The molecule has 0 spiro atoms. The Morgan fingerprint density at radius 2 is 1.87 bits per heavy atom. The van der Waals surface area contributed by atoms with E-state index in [-0.39, 0.29) is 5.69 Å². The largest absolute Gasteiger partial charge is 0.494 e. The quantitative estimate of drug-likeness (QED) is 0.440. The van der Waals surface area contributed by atoms with Crippen molar-refractivity contribution in [3.05, 3.63) is 62.2 Å². The van der Waals surface area contributed by atoms with Gasteiger partial charge in [0, 0.05) is 20.4 Å². The van der Waals surface area contributed by atoms with E-state index in [0.29, 0.717) is 19.4 Å². The van der Waals surface area contributed by atoms with Crippen molar-refractivity contribution in [3.63, 3.8) is 0 Å². The molecule has 3 rings (SSSR count). The van der Waals surface area contributed by atoms with Gasteiger partial charge in [-0.1, -0.05) is 33.6 Å². The van der Waals surface area contributed by atoms with Gasteiger partial charge in [-0.15, -0.1) is 0 Å². The molecule has 0 saturated heterocycles. The van der Waals surface area contributed by atoms with Crippen molar-refractivity contribution in [1.82, 2.24) is 9.71 Å². The topological polar surface area (TPSA) is 88.3 Å². The molecular formula is C21H22BrClN2O4S. The van der Waals surface area contributed by atoms with E-state index in [1.807, 2.05) is 48.9 Å². The van der Waals surface area contributed by atoms with Crippen LogP contribution in [0.5, 0.6) is 5.75 Å². The van der Waals surface area contributed by atoms with Crippen molar-refractivity contribution in [2.45, 2.75) is 26.7 Å². The molecule has 0 aliphatic rings. The number of hydrogen-bond donors (Lipinski definition) is 2. The number of H-pyrrole nitrogens is 1. The lowest BCUT2D eigenvalue weighted by atomic mass is 10.1. The van der Waals surface area contributed by atoms with Crippen LogP contribution in [0.1, 0.15) is 33.6 Å². The number of sulfonamides is 1. The van der Waals surface area contributed by atoms with Crippen LogP contribution in [0.4, 0.5) is 0 Å². The second kappa shape index (κ2) is 8.99. The molecule has 30 heavy (non-hydrogen) atoms. The van der Waals surface area contributed by atoms with Crippen LogP contribution in [-0.4, -0.2) is 32.2 Å². The van der Waals surface area contributed by atoms with E-state index >= 15 is 0 Å². The van der Waals surface area contributed by atoms with Crippen molar-refractivity contribution in [2.24, 2.45) is 0 Å². The molecule has 9 heteroatoms. The van der Waals surface area contributed by atoms with Crippen LogP contribution in [-0.2, 0) is 16.4 Å². The van der Waals surface area contributed by atoms with Gasteiger partial charge in [0.2, 0.25) is 10.0 Å². The normalized spacial score (nSPS) is 11.6. The predicted molar refractivity (Wildman–Crippen MR) is 123 cm³/mol. The molecule has 3 aromatic rings. The average molecular weight is 514 g/mol. The van der Waals surface area contributed by atoms with Crippen LogP contribution in [0.25, 0.3) is 10.9 Å². The van der Waals surface area contributed by atoms with Gasteiger partial charge < -0.3 is 9.72 Å². The van der Waals surface area contributed by atoms with Crippen LogP contribution in [0.15, 0.2) is 34.8 Å². The first-order valence-corrected chi connectivity index (χ1v) is 12.3. The Balaban J connectivity index is 1.79. The number of nitrogens with one attached hydrogen (secondary N) is 2.